The summed E-state index contributed by atoms with van der Waals surface area (Å²) in [5.74, 6) is 0.688. The minimum Gasteiger partial charge on any atom is -0.357 e. The van der Waals surface area contributed by atoms with Gasteiger partial charge in [0.25, 0.3) is 5.91 Å². The number of nitrogens with zero attached hydrogens (tertiary/aromatic N) is 3. The fourth-order valence-corrected chi connectivity index (χ4v) is 3.28. The van der Waals surface area contributed by atoms with Gasteiger partial charge in [0.05, 0.1) is 11.7 Å². The van der Waals surface area contributed by atoms with Crippen molar-refractivity contribution in [3.63, 3.8) is 0 Å². The Morgan fingerprint density at radius 3 is 2.69 bits per heavy atom. The third kappa shape index (κ3) is 7.08. The van der Waals surface area contributed by atoms with E-state index >= 15 is 0 Å². The van der Waals surface area contributed by atoms with Gasteiger partial charge in [-0.05, 0) is 61.7 Å². The van der Waals surface area contributed by atoms with Crippen molar-refractivity contribution in [2.45, 2.75) is 26.3 Å². The van der Waals surface area contributed by atoms with Crippen molar-refractivity contribution in [1.82, 2.24) is 25.7 Å². The maximum Gasteiger partial charge on any atom is 0.251 e. The van der Waals surface area contributed by atoms with Crippen LogP contribution in [0.5, 0.6) is 0 Å². The quantitative estimate of drug-likeness (QED) is 0.229. The molecule has 0 spiro atoms. The van der Waals surface area contributed by atoms with E-state index in [2.05, 4.69) is 40.1 Å². The molecule has 8 heteroatoms. The molecule has 1 atom stereocenters. The molecule has 32 heavy (non-hydrogen) atoms. The van der Waals surface area contributed by atoms with Gasteiger partial charge in [-0.15, -0.1) is 24.0 Å². The standard InChI is InChI=1S/C24H30N6O.HI/c1-4-26-24(27-14-12-19-8-5-10-21(16-19)23(31)25-3)29-18(2)20-9-6-11-22(17-20)30-15-7-13-28-30;/h5-11,13,15-18H,4,12,14H2,1-3H3,(H,25,31)(H2,26,27,29);1H. The number of carbonyl (C=O) groups excluding carboxylic acids is 1. The van der Waals surface area contributed by atoms with Crippen molar-refractivity contribution in [3.8, 4) is 5.69 Å². The number of guanidine groups is 1. The molecule has 0 aliphatic heterocycles. The molecule has 3 rings (SSSR count). The summed E-state index contributed by atoms with van der Waals surface area (Å²) in [5.41, 5.74) is 3.92. The Bertz CT molecular complexity index is 1020. The lowest BCUT2D eigenvalue weighted by Gasteiger charge is -2.19. The fourth-order valence-electron chi connectivity index (χ4n) is 3.28. The van der Waals surface area contributed by atoms with E-state index in [9.17, 15) is 4.79 Å². The molecule has 3 N–H and O–H groups in total. The van der Waals surface area contributed by atoms with Gasteiger partial charge in [-0.3, -0.25) is 9.79 Å². The first-order chi connectivity index (χ1) is 15.1. The molecule has 0 fully saturated rings. The molecular formula is C24H31IN6O. The van der Waals surface area contributed by atoms with Crippen LogP contribution in [-0.4, -0.2) is 41.8 Å². The Hall–Kier alpha value is -2.88. The lowest BCUT2D eigenvalue weighted by atomic mass is 10.1. The van der Waals surface area contributed by atoms with E-state index in [4.69, 9.17) is 4.99 Å². The number of hydrogen-bond acceptors (Lipinski definition) is 3. The van der Waals surface area contributed by atoms with Crippen molar-refractivity contribution >= 4 is 35.8 Å². The van der Waals surface area contributed by atoms with Gasteiger partial charge in [0.15, 0.2) is 5.96 Å². The summed E-state index contributed by atoms with van der Waals surface area (Å²) in [7, 11) is 1.64. The minimum absolute atomic E-state index is 0. The van der Waals surface area contributed by atoms with E-state index in [1.165, 1.54) is 0 Å². The highest BCUT2D eigenvalue weighted by atomic mass is 127. The molecule has 7 nitrogen and oxygen atoms in total. The summed E-state index contributed by atoms with van der Waals surface area (Å²) in [6.45, 7) is 5.56. The second-order valence-corrected chi connectivity index (χ2v) is 7.20. The van der Waals surface area contributed by atoms with Crippen molar-refractivity contribution in [2.75, 3.05) is 20.1 Å². The second-order valence-electron chi connectivity index (χ2n) is 7.20. The van der Waals surface area contributed by atoms with Crippen LogP contribution in [0.4, 0.5) is 0 Å². The predicted molar refractivity (Wildman–Crippen MR) is 140 cm³/mol. The largest absolute Gasteiger partial charge is 0.357 e. The summed E-state index contributed by atoms with van der Waals surface area (Å²) < 4.78 is 1.85. The van der Waals surface area contributed by atoms with Crippen LogP contribution in [-0.2, 0) is 6.42 Å². The van der Waals surface area contributed by atoms with Gasteiger partial charge in [0, 0.05) is 38.1 Å². The molecular weight excluding hydrogens is 515 g/mol. The molecule has 2 aromatic carbocycles. The minimum atomic E-state index is -0.0773. The number of halogens is 1. The molecule has 0 radical (unpaired) electrons. The maximum atomic E-state index is 11.8. The van der Waals surface area contributed by atoms with Gasteiger partial charge in [0.2, 0.25) is 0 Å². The topological polar surface area (TPSA) is 83.3 Å². The monoisotopic (exact) mass is 546 g/mol. The number of carbonyl (C=O) groups is 1. The Morgan fingerprint density at radius 2 is 1.97 bits per heavy atom. The zero-order chi connectivity index (χ0) is 22.1. The van der Waals surface area contributed by atoms with Crippen molar-refractivity contribution in [2.24, 2.45) is 4.99 Å². The van der Waals surface area contributed by atoms with E-state index in [-0.39, 0.29) is 35.9 Å². The van der Waals surface area contributed by atoms with Crippen LogP contribution in [0.1, 0.15) is 41.4 Å². The number of rotatable bonds is 8. The zero-order valence-electron chi connectivity index (χ0n) is 18.7. The molecule has 0 saturated heterocycles. The Balaban J connectivity index is 0.00000363. The van der Waals surface area contributed by atoms with Crippen molar-refractivity contribution in [3.05, 3.63) is 83.7 Å². The van der Waals surface area contributed by atoms with Crippen LogP contribution in [0.25, 0.3) is 5.69 Å². The third-order valence-corrected chi connectivity index (χ3v) is 4.92. The smallest absolute Gasteiger partial charge is 0.251 e. The number of aliphatic imine (C=N–C) groups is 1. The molecule has 170 valence electrons. The van der Waals surface area contributed by atoms with Crippen LogP contribution < -0.4 is 16.0 Å². The van der Waals surface area contributed by atoms with Gasteiger partial charge in [0.1, 0.15) is 0 Å². The number of nitrogens with one attached hydrogen (secondary N) is 3. The van der Waals surface area contributed by atoms with Crippen molar-refractivity contribution in [1.29, 1.82) is 0 Å². The first-order valence-corrected chi connectivity index (χ1v) is 10.6. The highest BCUT2D eigenvalue weighted by Gasteiger charge is 2.09. The molecule has 0 aliphatic rings. The summed E-state index contributed by atoms with van der Waals surface area (Å²) in [4.78, 5) is 16.5. The number of hydrogen-bond donors (Lipinski definition) is 3. The van der Waals surface area contributed by atoms with E-state index in [1.807, 2.05) is 60.3 Å². The van der Waals surface area contributed by atoms with Crippen LogP contribution in [0, 0.1) is 0 Å². The molecule has 3 aromatic rings. The summed E-state index contributed by atoms with van der Waals surface area (Å²) in [5, 5.41) is 13.7. The Labute approximate surface area is 206 Å². The molecule has 1 aromatic heterocycles. The highest BCUT2D eigenvalue weighted by Crippen LogP contribution is 2.16. The van der Waals surface area contributed by atoms with Gasteiger partial charge >= 0.3 is 0 Å². The summed E-state index contributed by atoms with van der Waals surface area (Å²) in [6.07, 6.45) is 4.46. The first kappa shape index (κ1) is 25.4. The van der Waals surface area contributed by atoms with Crippen LogP contribution in [0.2, 0.25) is 0 Å². The SMILES string of the molecule is CCNC(=NCCc1cccc(C(=O)NC)c1)NC(C)c1cccc(-n2cccn2)c1.I. The van der Waals surface area contributed by atoms with Crippen molar-refractivity contribution < 1.29 is 4.79 Å². The zero-order valence-corrected chi connectivity index (χ0v) is 21.0. The molecule has 0 bridgehead atoms. The Morgan fingerprint density at radius 1 is 1.16 bits per heavy atom. The molecule has 1 unspecified atom stereocenters. The molecule has 0 saturated carbocycles. The van der Waals surface area contributed by atoms with E-state index in [0.29, 0.717) is 12.1 Å². The maximum absolute atomic E-state index is 11.8. The number of amides is 1. The molecule has 1 heterocycles. The number of benzene rings is 2. The third-order valence-electron chi connectivity index (χ3n) is 4.92. The first-order valence-electron chi connectivity index (χ1n) is 10.6. The molecule has 1 amide bonds. The number of aromatic nitrogens is 2. The fraction of sp³-hybridized carbons (Fsp3) is 0.292. The van der Waals surface area contributed by atoms with E-state index in [0.717, 1.165) is 35.7 Å². The average Bonchev–Trinajstić information content (AvgIpc) is 3.34. The van der Waals surface area contributed by atoms with Gasteiger partial charge in [-0.25, -0.2) is 4.68 Å². The van der Waals surface area contributed by atoms with Gasteiger partial charge in [-0.1, -0.05) is 24.3 Å². The lowest BCUT2D eigenvalue weighted by molar-refractivity contribution is 0.0963. The van der Waals surface area contributed by atoms with Crippen LogP contribution >= 0.6 is 24.0 Å². The van der Waals surface area contributed by atoms with Crippen LogP contribution in [0.15, 0.2) is 72.0 Å². The van der Waals surface area contributed by atoms with E-state index < -0.39 is 0 Å². The lowest BCUT2D eigenvalue weighted by Crippen LogP contribution is -2.38. The predicted octanol–water partition coefficient (Wildman–Crippen LogP) is 3.71. The molecule has 0 aliphatic carbocycles. The van der Waals surface area contributed by atoms with Gasteiger partial charge in [-0.2, -0.15) is 5.10 Å². The average molecular weight is 546 g/mol. The van der Waals surface area contributed by atoms with Crippen LogP contribution in [0.3, 0.4) is 0 Å². The van der Waals surface area contributed by atoms with E-state index in [1.54, 1.807) is 13.2 Å². The Kier molecular flexibility index (Phi) is 10.2. The highest BCUT2D eigenvalue weighted by molar-refractivity contribution is 14.0. The summed E-state index contributed by atoms with van der Waals surface area (Å²) in [6, 6.07) is 17.9. The second kappa shape index (κ2) is 12.8. The normalized spacial score (nSPS) is 11.9. The van der Waals surface area contributed by atoms with Gasteiger partial charge < -0.3 is 16.0 Å². The summed E-state index contributed by atoms with van der Waals surface area (Å²) >= 11 is 0.